The number of nitrogens with zero attached hydrogens (tertiary/aromatic N) is 2. The van der Waals surface area contributed by atoms with Gasteiger partial charge in [0.2, 0.25) is 0 Å². The molecule has 2 saturated heterocycles. The Bertz CT molecular complexity index is 361. The first-order chi connectivity index (χ1) is 8.20. The molecule has 0 radical (unpaired) electrons. The maximum atomic E-state index is 12.3. The summed E-state index contributed by atoms with van der Waals surface area (Å²) in [4.78, 5) is 19.7. The van der Waals surface area contributed by atoms with Crippen molar-refractivity contribution in [2.45, 2.75) is 44.2 Å². The van der Waals surface area contributed by atoms with Crippen molar-refractivity contribution >= 4 is 11.6 Å². The second-order valence-electron chi connectivity index (χ2n) is 5.41. The van der Waals surface area contributed by atoms with E-state index in [2.05, 4.69) is 17.4 Å². The van der Waals surface area contributed by atoms with Crippen LogP contribution in [0.15, 0.2) is 5.16 Å². The number of likely N-dealkylation sites (tertiary alicyclic amines) is 1. The SMILES string of the molecule is C[C@@H]1CCCN1C(=O)C1=NO[C@]2(CCNC2)C1. The molecule has 0 aliphatic carbocycles. The molecule has 3 aliphatic heterocycles. The van der Waals surface area contributed by atoms with E-state index in [9.17, 15) is 4.79 Å². The average Bonchev–Trinajstić information content (AvgIpc) is 3.02. The zero-order valence-electron chi connectivity index (χ0n) is 10.2. The lowest BCUT2D eigenvalue weighted by Crippen LogP contribution is -2.40. The third kappa shape index (κ3) is 1.82. The van der Waals surface area contributed by atoms with Crippen LogP contribution in [0.2, 0.25) is 0 Å². The van der Waals surface area contributed by atoms with Gasteiger partial charge in [-0.1, -0.05) is 5.16 Å². The van der Waals surface area contributed by atoms with Crippen molar-refractivity contribution in [2.24, 2.45) is 5.16 Å². The van der Waals surface area contributed by atoms with Gasteiger partial charge in [-0.15, -0.1) is 0 Å². The van der Waals surface area contributed by atoms with Crippen molar-refractivity contribution in [1.82, 2.24) is 10.2 Å². The minimum Gasteiger partial charge on any atom is -0.387 e. The highest BCUT2D eigenvalue weighted by Crippen LogP contribution is 2.31. The lowest BCUT2D eigenvalue weighted by atomic mass is 9.96. The molecular formula is C12H19N3O2. The van der Waals surface area contributed by atoms with Crippen molar-refractivity contribution in [3.05, 3.63) is 0 Å². The van der Waals surface area contributed by atoms with E-state index >= 15 is 0 Å². The van der Waals surface area contributed by atoms with Gasteiger partial charge in [0, 0.05) is 32.0 Å². The number of hydrogen-bond donors (Lipinski definition) is 1. The summed E-state index contributed by atoms with van der Waals surface area (Å²) in [6.07, 6.45) is 3.82. The van der Waals surface area contributed by atoms with Crippen LogP contribution in [0.5, 0.6) is 0 Å². The van der Waals surface area contributed by atoms with Crippen LogP contribution in [-0.2, 0) is 9.63 Å². The minimum absolute atomic E-state index is 0.0822. The van der Waals surface area contributed by atoms with Gasteiger partial charge in [-0.05, 0) is 26.3 Å². The summed E-state index contributed by atoms with van der Waals surface area (Å²) in [5, 5.41) is 7.30. The van der Waals surface area contributed by atoms with Crippen LogP contribution < -0.4 is 5.32 Å². The number of nitrogens with one attached hydrogen (secondary N) is 1. The van der Waals surface area contributed by atoms with Crippen LogP contribution in [0, 0.1) is 0 Å². The van der Waals surface area contributed by atoms with Crippen LogP contribution in [0.25, 0.3) is 0 Å². The Morgan fingerprint density at radius 1 is 1.65 bits per heavy atom. The van der Waals surface area contributed by atoms with E-state index < -0.39 is 0 Å². The van der Waals surface area contributed by atoms with Gasteiger partial charge >= 0.3 is 0 Å². The Morgan fingerprint density at radius 3 is 3.18 bits per heavy atom. The van der Waals surface area contributed by atoms with Crippen LogP contribution >= 0.6 is 0 Å². The molecule has 1 spiro atoms. The molecule has 2 fully saturated rings. The fourth-order valence-corrected chi connectivity index (χ4v) is 2.99. The Kier molecular flexibility index (Phi) is 2.58. The monoisotopic (exact) mass is 237 g/mol. The lowest BCUT2D eigenvalue weighted by Gasteiger charge is -2.22. The molecule has 5 nitrogen and oxygen atoms in total. The second-order valence-corrected chi connectivity index (χ2v) is 5.41. The van der Waals surface area contributed by atoms with Gasteiger partial charge in [0.1, 0.15) is 5.71 Å². The molecule has 5 heteroatoms. The lowest BCUT2D eigenvalue weighted by molar-refractivity contribution is -0.124. The normalized spacial score (nSPS) is 36.4. The van der Waals surface area contributed by atoms with Gasteiger partial charge in [0.15, 0.2) is 5.60 Å². The Hall–Kier alpha value is -1.10. The summed E-state index contributed by atoms with van der Waals surface area (Å²) in [6, 6.07) is 0.350. The molecule has 3 rings (SSSR count). The average molecular weight is 237 g/mol. The van der Waals surface area contributed by atoms with Gasteiger partial charge < -0.3 is 15.1 Å². The van der Waals surface area contributed by atoms with Gasteiger partial charge in [0.25, 0.3) is 5.91 Å². The van der Waals surface area contributed by atoms with E-state index in [1.165, 1.54) is 0 Å². The number of amides is 1. The maximum Gasteiger partial charge on any atom is 0.272 e. The summed E-state index contributed by atoms with van der Waals surface area (Å²) < 4.78 is 0. The highest BCUT2D eigenvalue weighted by Gasteiger charge is 2.45. The third-order valence-electron chi connectivity index (χ3n) is 4.10. The van der Waals surface area contributed by atoms with E-state index in [4.69, 9.17) is 4.84 Å². The van der Waals surface area contributed by atoms with Crippen LogP contribution in [-0.4, -0.2) is 47.8 Å². The summed E-state index contributed by atoms with van der Waals surface area (Å²) in [7, 11) is 0. The Morgan fingerprint density at radius 2 is 2.53 bits per heavy atom. The predicted molar refractivity (Wildman–Crippen MR) is 63.8 cm³/mol. The maximum absolute atomic E-state index is 12.3. The van der Waals surface area contributed by atoms with Crippen LogP contribution in [0.3, 0.4) is 0 Å². The quantitative estimate of drug-likeness (QED) is 0.723. The van der Waals surface area contributed by atoms with E-state index in [0.717, 1.165) is 38.9 Å². The van der Waals surface area contributed by atoms with Crippen LogP contribution in [0.1, 0.15) is 32.6 Å². The van der Waals surface area contributed by atoms with Gasteiger partial charge in [-0.2, -0.15) is 0 Å². The number of hydrogen-bond acceptors (Lipinski definition) is 4. The zero-order chi connectivity index (χ0) is 11.9. The van der Waals surface area contributed by atoms with E-state index in [1.54, 1.807) is 0 Å². The molecule has 1 N–H and O–H groups in total. The molecule has 0 aromatic carbocycles. The van der Waals surface area contributed by atoms with Crippen LogP contribution in [0.4, 0.5) is 0 Å². The number of rotatable bonds is 1. The van der Waals surface area contributed by atoms with E-state index in [-0.39, 0.29) is 11.5 Å². The molecule has 94 valence electrons. The number of oxime groups is 1. The molecule has 0 bridgehead atoms. The summed E-state index contributed by atoms with van der Waals surface area (Å²) in [5.41, 5.74) is 0.385. The molecule has 3 aliphatic rings. The smallest absolute Gasteiger partial charge is 0.272 e. The van der Waals surface area contributed by atoms with E-state index in [1.807, 2.05) is 4.90 Å². The van der Waals surface area contributed by atoms with Gasteiger partial charge in [-0.3, -0.25) is 4.79 Å². The van der Waals surface area contributed by atoms with Gasteiger partial charge in [0.05, 0.1) is 0 Å². The van der Waals surface area contributed by atoms with Crippen molar-refractivity contribution in [1.29, 1.82) is 0 Å². The molecule has 0 aromatic heterocycles. The minimum atomic E-state index is -0.228. The second kappa shape index (κ2) is 3.98. The third-order valence-corrected chi connectivity index (χ3v) is 4.10. The first-order valence-electron chi connectivity index (χ1n) is 6.47. The van der Waals surface area contributed by atoms with Crippen molar-refractivity contribution in [3.63, 3.8) is 0 Å². The molecule has 0 unspecified atom stereocenters. The molecule has 3 heterocycles. The van der Waals surface area contributed by atoms with Crippen molar-refractivity contribution in [3.8, 4) is 0 Å². The Balaban J connectivity index is 1.67. The molecular weight excluding hydrogens is 218 g/mol. The molecule has 0 aromatic rings. The number of carbonyl (C=O) groups is 1. The topological polar surface area (TPSA) is 53.9 Å². The number of carbonyl (C=O) groups excluding carboxylic acids is 1. The fraction of sp³-hybridized carbons (Fsp3) is 0.833. The summed E-state index contributed by atoms with van der Waals surface area (Å²) >= 11 is 0. The molecule has 17 heavy (non-hydrogen) atoms. The molecule has 2 atom stereocenters. The fourth-order valence-electron chi connectivity index (χ4n) is 2.99. The highest BCUT2D eigenvalue weighted by molar-refractivity contribution is 6.39. The molecule has 1 amide bonds. The van der Waals surface area contributed by atoms with Crippen molar-refractivity contribution < 1.29 is 9.63 Å². The van der Waals surface area contributed by atoms with E-state index in [0.29, 0.717) is 18.2 Å². The first-order valence-corrected chi connectivity index (χ1v) is 6.47. The first kappa shape index (κ1) is 11.0. The van der Waals surface area contributed by atoms with Gasteiger partial charge in [-0.25, -0.2) is 0 Å². The van der Waals surface area contributed by atoms with Crippen molar-refractivity contribution in [2.75, 3.05) is 19.6 Å². The largest absolute Gasteiger partial charge is 0.387 e. The predicted octanol–water partition coefficient (Wildman–Crippen LogP) is 0.506. The Labute approximate surface area is 101 Å². The molecule has 0 saturated carbocycles. The summed E-state index contributed by atoms with van der Waals surface area (Å²) in [5.74, 6) is 0.0822. The highest BCUT2D eigenvalue weighted by atomic mass is 16.7. The zero-order valence-corrected chi connectivity index (χ0v) is 10.2. The standard InChI is InChI=1S/C12H19N3O2/c1-9-3-2-6-15(9)11(16)10-7-12(17-14-10)4-5-13-8-12/h9,13H,2-8H2,1H3/t9-,12-/m1/s1. The summed E-state index contributed by atoms with van der Waals surface area (Å²) in [6.45, 7) is 4.73.